The highest BCUT2D eigenvalue weighted by molar-refractivity contribution is 9.10. The molecule has 166 valence electrons. The Morgan fingerprint density at radius 2 is 1.83 bits per heavy atom. The molecule has 29 heavy (non-hydrogen) atoms. The SMILES string of the molecule is CC(C)(C)OC(=O)CCOCCOc1cnn(COCC[Si](C)(C)C)c(=O)c1Br. The Morgan fingerprint density at radius 1 is 1.14 bits per heavy atom. The average molecular weight is 493 g/mol. The largest absolute Gasteiger partial charge is 0.488 e. The molecule has 0 amide bonds. The van der Waals surface area contributed by atoms with Crippen molar-refractivity contribution in [3.05, 3.63) is 21.0 Å². The molecule has 0 aliphatic carbocycles. The van der Waals surface area contributed by atoms with E-state index in [1.807, 2.05) is 20.8 Å². The Hall–Kier alpha value is -1.23. The van der Waals surface area contributed by atoms with E-state index in [2.05, 4.69) is 40.7 Å². The van der Waals surface area contributed by atoms with Crippen molar-refractivity contribution in [1.29, 1.82) is 0 Å². The Balaban J connectivity index is 2.34. The summed E-state index contributed by atoms with van der Waals surface area (Å²) in [6, 6.07) is 1.03. The van der Waals surface area contributed by atoms with E-state index in [9.17, 15) is 9.59 Å². The maximum Gasteiger partial charge on any atom is 0.308 e. The van der Waals surface area contributed by atoms with Crippen molar-refractivity contribution in [2.45, 2.75) is 65.2 Å². The predicted octanol–water partition coefficient (Wildman–Crippen LogP) is 3.45. The van der Waals surface area contributed by atoms with Crippen LogP contribution in [0.1, 0.15) is 27.2 Å². The molecule has 0 radical (unpaired) electrons. The molecule has 0 aliphatic heterocycles. The fourth-order valence-electron chi connectivity index (χ4n) is 2.03. The minimum atomic E-state index is -1.17. The van der Waals surface area contributed by atoms with Gasteiger partial charge in [-0.3, -0.25) is 9.59 Å². The van der Waals surface area contributed by atoms with Gasteiger partial charge in [0.1, 0.15) is 23.4 Å². The monoisotopic (exact) mass is 492 g/mol. The topological polar surface area (TPSA) is 88.9 Å². The summed E-state index contributed by atoms with van der Waals surface area (Å²) in [6.07, 6.45) is 1.64. The number of hydrogen-bond donors (Lipinski definition) is 0. The minimum Gasteiger partial charge on any atom is -0.488 e. The van der Waals surface area contributed by atoms with E-state index in [-0.39, 0.29) is 49.0 Å². The number of halogens is 1. The van der Waals surface area contributed by atoms with Crippen molar-refractivity contribution in [3.8, 4) is 5.75 Å². The Labute approximate surface area is 182 Å². The smallest absolute Gasteiger partial charge is 0.308 e. The molecule has 0 aromatic carbocycles. The molecule has 0 unspecified atom stereocenters. The highest BCUT2D eigenvalue weighted by atomic mass is 79.9. The summed E-state index contributed by atoms with van der Waals surface area (Å²) in [7, 11) is -1.17. The first-order valence-electron chi connectivity index (χ1n) is 9.65. The lowest BCUT2D eigenvalue weighted by Gasteiger charge is -2.19. The van der Waals surface area contributed by atoms with Gasteiger partial charge in [0.15, 0.2) is 5.75 Å². The molecule has 0 atom stereocenters. The van der Waals surface area contributed by atoms with Crippen LogP contribution in [-0.4, -0.2) is 55.9 Å². The highest BCUT2D eigenvalue weighted by Gasteiger charge is 2.16. The predicted molar refractivity (Wildman–Crippen MR) is 117 cm³/mol. The molecule has 10 heteroatoms. The van der Waals surface area contributed by atoms with Gasteiger partial charge in [0.25, 0.3) is 5.56 Å². The van der Waals surface area contributed by atoms with Crippen molar-refractivity contribution in [2.75, 3.05) is 26.4 Å². The summed E-state index contributed by atoms with van der Waals surface area (Å²) in [5.41, 5.74) is -0.819. The van der Waals surface area contributed by atoms with Crippen LogP contribution in [0.15, 0.2) is 15.5 Å². The minimum absolute atomic E-state index is 0.107. The van der Waals surface area contributed by atoms with Gasteiger partial charge in [-0.05, 0) is 42.7 Å². The summed E-state index contributed by atoms with van der Waals surface area (Å²) in [6.45, 7) is 13.7. The summed E-state index contributed by atoms with van der Waals surface area (Å²) in [4.78, 5) is 23.9. The van der Waals surface area contributed by atoms with Gasteiger partial charge in [0, 0.05) is 14.7 Å². The molecule has 0 spiro atoms. The Bertz CT molecular complexity index is 712. The summed E-state index contributed by atoms with van der Waals surface area (Å²) in [5, 5.41) is 4.08. The first-order chi connectivity index (χ1) is 13.4. The van der Waals surface area contributed by atoms with Gasteiger partial charge in [0.2, 0.25) is 0 Å². The van der Waals surface area contributed by atoms with Crippen molar-refractivity contribution in [1.82, 2.24) is 9.78 Å². The van der Waals surface area contributed by atoms with Crippen LogP contribution >= 0.6 is 15.9 Å². The van der Waals surface area contributed by atoms with E-state index < -0.39 is 13.7 Å². The third kappa shape index (κ3) is 11.5. The van der Waals surface area contributed by atoms with Gasteiger partial charge in [-0.25, -0.2) is 4.68 Å². The molecular formula is C19H33BrN2O6Si. The number of rotatable bonds is 12. The average Bonchev–Trinajstić information content (AvgIpc) is 2.57. The molecule has 0 saturated carbocycles. The molecule has 0 fully saturated rings. The number of nitrogens with zero attached hydrogens (tertiary/aromatic N) is 2. The van der Waals surface area contributed by atoms with Crippen LogP contribution < -0.4 is 10.3 Å². The van der Waals surface area contributed by atoms with Crippen molar-refractivity contribution < 1.29 is 23.7 Å². The summed E-state index contributed by atoms with van der Waals surface area (Å²) < 4.78 is 23.2. The van der Waals surface area contributed by atoms with E-state index >= 15 is 0 Å². The van der Waals surface area contributed by atoms with E-state index in [1.54, 1.807) is 0 Å². The maximum absolute atomic E-state index is 12.3. The quantitative estimate of drug-likeness (QED) is 0.250. The van der Waals surface area contributed by atoms with Gasteiger partial charge in [-0.1, -0.05) is 19.6 Å². The molecule has 1 rings (SSSR count). The van der Waals surface area contributed by atoms with Crippen LogP contribution in [0.4, 0.5) is 0 Å². The maximum atomic E-state index is 12.3. The number of aromatic nitrogens is 2. The van der Waals surface area contributed by atoms with Crippen LogP contribution in [-0.2, 0) is 25.7 Å². The lowest BCUT2D eigenvalue weighted by molar-refractivity contribution is -0.156. The zero-order valence-corrected chi connectivity index (χ0v) is 20.8. The molecule has 1 heterocycles. The first kappa shape index (κ1) is 25.8. The van der Waals surface area contributed by atoms with Crippen molar-refractivity contribution in [3.63, 3.8) is 0 Å². The van der Waals surface area contributed by atoms with Gasteiger partial charge < -0.3 is 18.9 Å². The van der Waals surface area contributed by atoms with Crippen molar-refractivity contribution in [2.24, 2.45) is 0 Å². The zero-order valence-electron chi connectivity index (χ0n) is 18.2. The number of carbonyl (C=O) groups is 1. The first-order valence-corrected chi connectivity index (χ1v) is 14.1. The number of carbonyl (C=O) groups excluding carboxylic acids is 1. The molecule has 0 saturated heterocycles. The van der Waals surface area contributed by atoms with Crippen LogP contribution in [0, 0.1) is 0 Å². The fourth-order valence-corrected chi connectivity index (χ4v) is 3.21. The second-order valence-electron chi connectivity index (χ2n) is 8.77. The lowest BCUT2D eigenvalue weighted by Crippen LogP contribution is -2.27. The number of hydrogen-bond acceptors (Lipinski definition) is 7. The standard InChI is InChI=1S/C19H33BrN2O6Si/c1-19(2,3)28-16(23)7-8-25-9-10-27-15-13-21-22(18(24)17(15)20)14-26-11-12-29(4,5)6/h13H,7-12,14H2,1-6H3. The fraction of sp³-hybridized carbons (Fsp3) is 0.737. The Morgan fingerprint density at radius 3 is 2.45 bits per heavy atom. The Kier molecular flexibility index (Phi) is 10.5. The normalized spacial score (nSPS) is 12.1. The number of ether oxygens (including phenoxy) is 4. The molecule has 1 aromatic heterocycles. The van der Waals surface area contributed by atoms with Gasteiger partial charge >= 0.3 is 5.97 Å². The van der Waals surface area contributed by atoms with E-state index in [0.717, 1.165) is 6.04 Å². The molecular weight excluding hydrogens is 460 g/mol. The molecule has 8 nitrogen and oxygen atoms in total. The molecule has 1 aromatic rings. The van der Waals surface area contributed by atoms with E-state index in [1.165, 1.54) is 10.9 Å². The third-order valence-corrected chi connectivity index (χ3v) is 5.95. The van der Waals surface area contributed by atoms with Gasteiger partial charge in [-0.15, -0.1) is 0 Å². The van der Waals surface area contributed by atoms with Gasteiger partial charge in [-0.2, -0.15) is 5.10 Å². The van der Waals surface area contributed by atoms with Crippen LogP contribution in [0.2, 0.25) is 25.7 Å². The van der Waals surface area contributed by atoms with Gasteiger partial charge in [0.05, 0.1) is 25.8 Å². The second-order valence-corrected chi connectivity index (χ2v) is 15.2. The van der Waals surface area contributed by atoms with Crippen LogP contribution in [0.3, 0.4) is 0 Å². The zero-order chi connectivity index (χ0) is 22.1. The van der Waals surface area contributed by atoms with Crippen LogP contribution in [0.5, 0.6) is 5.75 Å². The van der Waals surface area contributed by atoms with Crippen molar-refractivity contribution >= 4 is 30.0 Å². The highest BCUT2D eigenvalue weighted by Crippen LogP contribution is 2.19. The van der Waals surface area contributed by atoms with E-state index in [4.69, 9.17) is 18.9 Å². The second kappa shape index (κ2) is 11.8. The van der Waals surface area contributed by atoms with E-state index in [0.29, 0.717) is 12.4 Å². The summed E-state index contributed by atoms with van der Waals surface area (Å²) >= 11 is 3.25. The summed E-state index contributed by atoms with van der Waals surface area (Å²) in [5.74, 6) is 0.0325. The third-order valence-electron chi connectivity index (χ3n) is 3.52. The number of esters is 1. The van der Waals surface area contributed by atoms with Crippen LogP contribution in [0.25, 0.3) is 0 Å². The lowest BCUT2D eigenvalue weighted by atomic mass is 10.2. The molecule has 0 N–H and O–H groups in total. The molecule has 0 aliphatic rings. The molecule has 0 bridgehead atoms.